The van der Waals surface area contributed by atoms with Crippen molar-refractivity contribution in [2.75, 3.05) is 13.7 Å². The van der Waals surface area contributed by atoms with Crippen LogP contribution in [0.5, 0.6) is 0 Å². The lowest BCUT2D eigenvalue weighted by molar-refractivity contribution is -0.385. The molecule has 0 saturated heterocycles. The van der Waals surface area contributed by atoms with Gasteiger partial charge in [0.15, 0.2) is 0 Å². The molecule has 25 heavy (non-hydrogen) atoms. The Bertz CT molecular complexity index is 937. The summed E-state index contributed by atoms with van der Waals surface area (Å²) in [6.45, 7) is 0.0955. The van der Waals surface area contributed by atoms with E-state index in [0.717, 1.165) is 15.2 Å². The van der Waals surface area contributed by atoms with Crippen molar-refractivity contribution in [3.05, 3.63) is 56.3 Å². The van der Waals surface area contributed by atoms with Crippen molar-refractivity contribution in [3.63, 3.8) is 0 Å². The van der Waals surface area contributed by atoms with Crippen LogP contribution < -0.4 is 0 Å². The van der Waals surface area contributed by atoms with E-state index in [0.29, 0.717) is 12.0 Å². The molecule has 0 amide bonds. The van der Waals surface area contributed by atoms with Gasteiger partial charge in [0, 0.05) is 23.6 Å². The number of rotatable bonds is 4. The summed E-state index contributed by atoms with van der Waals surface area (Å²) in [4.78, 5) is 23.2. The molecule has 132 valence electrons. The number of hydrogen-bond acceptors (Lipinski definition) is 7. The average molecular weight is 382 g/mol. The van der Waals surface area contributed by atoms with Crippen LogP contribution in [-0.4, -0.2) is 37.3 Å². The molecule has 1 aromatic heterocycles. The standard InChI is InChI=1S/C15H14N2O6S2/c1-23-15(18)14-12-6-8-24-13(12)5-7-16(14)25(21,22)11-4-2-3-10(9-11)17(19)20/h2-4,6,8-9,14H,5,7H2,1H3. The Hall–Kier alpha value is -2.30. The summed E-state index contributed by atoms with van der Waals surface area (Å²) in [6, 6.07) is 5.40. The molecule has 1 aliphatic heterocycles. The number of nitrogens with zero attached hydrogens (tertiary/aromatic N) is 2. The van der Waals surface area contributed by atoms with Crippen LogP contribution in [0, 0.1) is 10.1 Å². The molecule has 1 atom stereocenters. The second kappa shape index (κ2) is 6.54. The first-order valence-corrected chi connectivity index (χ1v) is 9.58. The van der Waals surface area contributed by atoms with Crippen molar-refractivity contribution < 1.29 is 22.9 Å². The van der Waals surface area contributed by atoms with Gasteiger partial charge in [-0.25, -0.2) is 13.2 Å². The van der Waals surface area contributed by atoms with Crippen LogP contribution in [0.1, 0.15) is 16.5 Å². The molecule has 10 heteroatoms. The Morgan fingerprint density at radius 2 is 2.16 bits per heavy atom. The summed E-state index contributed by atoms with van der Waals surface area (Å²) in [5.41, 5.74) is 0.265. The van der Waals surface area contributed by atoms with Gasteiger partial charge in [-0.15, -0.1) is 11.3 Å². The van der Waals surface area contributed by atoms with Crippen molar-refractivity contribution in [1.29, 1.82) is 0 Å². The van der Waals surface area contributed by atoms with Crippen LogP contribution in [0.3, 0.4) is 0 Å². The number of ether oxygens (including phenoxy) is 1. The molecule has 0 N–H and O–H groups in total. The zero-order chi connectivity index (χ0) is 18.2. The van der Waals surface area contributed by atoms with Crippen molar-refractivity contribution in [2.24, 2.45) is 0 Å². The number of carbonyl (C=O) groups excluding carboxylic acids is 1. The summed E-state index contributed by atoms with van der Waals surface area (Å²) in [5.74, 6) is -0.687. The number of carbonyl (C=O) groups is 1. The van der Waals surface area contributed by atoms with Gasteiger partial charge < -0.3 is 4.74 Å². The lowest BCUT2D eigenvalue weighted by Crippen LogP contribution is -2.43. The van der Waals surface area contributed by atoms with Crippen molar-refractivity contribution in [2.45, 2.75) is 17.4 Å². The number of hydrogen-bond donors (Lipinski definition) is 0. The van der Waals surface area contributed by atoms with Gasteiger partial charge in [0.05, 0.1) is 16.9 Å². The first-order valence-electron chi connectivity index (χ1n) is 7.26. The van der Waals surface area contributed by atoms with Gasteiger partial charge in [0.25, 0.3) is 5.69 Å². The first-order chi connectivity index (χ1) is 11.9. The summed E-state index contributed by atoms with van der Waals surface area (Å²) >= 11 is 1.45. The maximum Gasteiger partial charge on any atom is 0.328 e. The average Bonchev–Trinajstić information content (AvgIpc) is 3.08. The minimum absolute atomic E-state index is 0.0955. The third-order valence-corrected chi connectivity index (χ3v) is 6.84. The number of benzene rings is 1. The van der Waals surface area contributed by atoms with Gasteiger partial charge in [-0.3, -0.25) is 10.1 Å². The maximum absolute atomic E-state index is 13.0. The first kappa shape index (κ1) is 17.5. The third-order valence-electron chi connectivity index (χ3n) is 3.98. The van der Waals surface area contributed by atoms with Crippen LogP contribution >= 0.6 is 11.3 Å². The Labute approximate surface area is 147 Å². The fraction of sp³-hybridized carbons (Fsp3) is 0.267. The summed E-state index contributed by atoms with van der Waals surface area (Å²) in [5, 5.41) is 12.7. The molecule has 8 nitrogen and oxygen atoms in total. The Balaban J connectivity index is 2.08. The predicted molar refractivity (Wildman–Crippen MR) is 89.8 cm³/mol. The summed E-state index contributed by atoms with van der Waals surface area (Å²) in [6.07, 6.45) is 0.467. The number of fused-ring (bicyclic) bond motifs is 1. The third kappa shape index (κ3) is 3.03. The Kier molecular flexibility index (Phi) is 4.58. The van der Waals surface area contributed by atoms with Crippen LogP contribution in [0.4, 0.5) is 5.69 Å². The van der Waals surface area contributed by atoms with E-state index in [1.165, 1.54) is 36.6 Å². The fourth-order valence-electron chi connectivity index (χ4n) is 2.80. The van der Waals surface area contributed by atoms with E-state index >= 15 is 0 Å². The monoisotopic (exact) mass is 382 g/mol. The number of nitro benzene ring substituents is 1. The summed E-state index contributed by atoms with van der Waals surface area (Å²) < 4.78 is 31.9. The van der Waals surface area contributed by atoms with Crippen LogP contribution in [0.25, 0.3) is 0 Å². The SMILES string of the molecule is COC(=O)C1c2ccsc2CCN1S(=O)(=O)c1cccc([N+](=O)[O-])c1. The molecule has 1 aliphatic rings. The largest absolute Gasteiger partial charge is 0.468 e. The highest BCUT2D eigenvalue weighted by atomic mass is 32.2. The van der Waals surface area contributed by atoms with E-state index in [4.69, 9.17) is 4.74 Å². The molecule has 0 aliphatic carbocycles. The molecule has 1 aromatic carbocycles. The number of sulfonamides is 1. The van der Waals surface area contributed by atoms with E-state index < -0.39 is 27.0 Å². The Morgan fingerprint density at radius 1 is 1.40 bits per heavy atom. The number of nitro groups is 1. The van der Waals surface area contributed by atoms with Crippen molar-refractivity contribution in [1.82, 2.24) is 4.31 Å². The molecular weight excluding hydrogens is 368 g/mol. The zero-order valence-corrected chi connectivity index (χ0v) is 14.7. The summed E-state index contributed by atoms with van der Waals surface area (Å²) in [7, 11) is -2.91. The van der Waals surface area contributed by atoms with Gasteiger partial charge in [-0.1, -0.05) is 6.07 Å². The quantitative estimate of drug-likeness (QED) is 0.455. The lowest BCUT2D eigenvalue weighted by atomic mass is 10.0. The van der Waals surface area contributed by atoms with Gasteiger partial charge in [0.1, 0.15) is 6.04 Å². The van der Waals surface area contributed by atoms with E-state index in [-0.39, 0.29) is 17.1 Å². The second-order valence-corrected chi connectivity index (χ2v) is 8.24. The number of thiophene rings is 1. The molecule has 3 rings (SSSR count). The minimum Gasteiger partial charge on any atom is -0.468 e. The smallest absolute Gasteiger partial charge is 0.328 e. The van der Waals surface area contributed by atoms with Crippen LogP contribution in [-0.2, 0) is 26.0 Å². The van der Waals surface area contributed by atoms with E-state index in [1.54, 1.807) is 11.4 Å². The van der Waals surface area contributed by atoms with Gasteiger partial charge in [-0.2, -0.15) is 4.31 Å². The molecule has 0 saturated carbocycles. The van der Waals surface area contributed by atoms with Crippen molar-refractivity contribution >= 4 is 33.0 Å². The zero-order valence-electron chi connectivity index (χ0n) is 13.1. The van der Waals surface area contributed by atoms with Crippen molar-refractivity contribution in [3.8, 4) is 0 Å². The number of esters is 1. The van der Waals surface area contributed by atoms with E-state index in [9.17, 15) is 23.3 Å². The van der Waals surface area contributed by atoms with E-state index in [2.05, 4.69) is 0 Å². The number of non-ortho nitro benzene ring substituents is 1. The second-order valence-electron chi connectivity index (χ2n) is 5.35. The highest BCUT2D eigenvalue weighted by Crippen LogP contribution is 2.37. The van der Waals surface area contributed by atoms with Crippen LogP contribution in [0.2, 0.25) is 0 Å². The van der Waals surface area contributed by atoms with Gasteiger partial charge >= 0.3 is 5.97 Å². The Morgan fingerprint density at radius 3 is 2.84 bits per heavy atom. The topological polar surface area (TPSA) is 107 Å². The number of methoxy groups -OCH3 is 1. The fourth-order valence-corrected chi connectivity index (χ4v) is 5.30. The molecule has 0 radical (unpaired) electrons. The molecule has 1 unspecified atom stereocenters. The molecule has 2 aromatic rings. The van der Waals surface area contributed by atoms with E-state index in [1.807, 2.05) is 0 Å². The molecule has 0 fully saturated rings. The molecule has 0 spiro atoms. The molecule has 0 bridgehead atoms. The minimum atomic E-state index is -4.11. The van der Waals surface area contributed by atoms with Gasteiger partial charge in [-0.05, 0) is 29.5 Å². The predicted octanol–water partition coefficient (Wildman–Crippen LogP) is 2.12. The molecule has 2 heterocycles. The highest BCUT2D eigenvalue weighted by Gasteiger charge is 2.42. The maximum atomic E-state index is 13.0. The highest BCUT2D eigenvalue weighted by molar-refractivity contribution is 7.89. The van der Waals surface area contributed by atoms with Crippen LogP contribution in [0.15, 0.2) is 40.6 Å². The lowest BCUT2D eigenvalue weighted by Gasteiger charge is -2.32. The normalized spacial score (nSPS) is 17.7. The van der Waals surface area contributed by atoms with Gasteiger partial charge in [0.2, 0.25) is 10.0 Å². The molecular formula is C15H14N2O6S2.